The first-order valence-electron chi connectivity index (χ1n) is 5.10. The Morgan fingerprint density at radius 1 is 1.19 bits per heavy atom. The lowest BCUT2D eigenvalue weighted by atomic mass is 10.1. The van der Waals surface area contributed by atoms with E-state index in [1.807, 2.05) is 32.9 Å². The van der Waals surface area contributed by atoms with Crippen LogP contribution in [0.3, 0.4) is 0 Å². The van der Waals surface area contributed by atoms with Crippen molar-refractivity contribution in [2.75, 3.05) is 0 Å². The molecule has 0 N–H and O–H groups in total. The molecule has 0 aliphatic carbocycles. The Balaban J connectivity index is 0. The zero-order chi connectivity index (χ0) is 13.0. The fourth-order valence-electron chi connectivity index (χ4n) is 0.621. The molecular formula is C14H20BrN. The van der Waals surface area contributed by atoms with Crippen molar-refractivity contribution in [1.82, 2.24) is 0 Å². The van der Waals surface area contributed by atoms with Gasteiger partial charge >= 0.3 is 0 Å². The van der Waals surface area contributed by atoms with Gasteiger partial charge in [-0.05, 0) is 24.1 Å². The molecule has 0 aromatic rings. The van der Waals surface area contributed by atoms with Gasteiger partial charge in [-0.1, -0.05) is 61.7 Å². The average molecular weight is 282 g/mol. The molecule has 88 valence electrons. The summed E-state index contributed by atoms with van der Waals surface area (Å²) in [6.45, 7) is 17.1. The predicted molar refractivity (Wildman–Crippen MR) is 80.1 cm³/mol. The third-order valence-corrected chi connectivity index (χ3v) is 1.70. The minimum atomic E-state index is 0.820. The summed E-state index contributed by atoms with van der Waals surface area (Å²) in [5.41, 5.74) is 1.92. The van der Waals surface area contributed by atoms with Gasteiger partial charge < -0.3 is 0 Å². The fraction of sp³-hybridized carbons (Fsp3) is 0.214. The molecule has 0 radical (unpaired) electrons. The Kier molecular flexibility index (Phi) is 12.9. The van der Waals surface area contributed by atoms with Gasteiger partial charge in [-0.3, -0.25) is 4.99 Å². The van der Waals surface area contributed by atoms with E-state index in [0.29, 0.717) is 0 Å². The van der Waals surface area contributed by atoms with Crippen molar-refractivity contribution >= 4 is 22.1 Å². The van der Waals surface area contributed by atoms with E-state index in [1.165, 1.54) is 0 Å². The number of hydrogen-bond acceptors (Lipinski definition) is 1. The molecule has 0 aliphatic heterocycles. The first-order chi connectivity index (χ1) is 7.57. The van der Waals surface area contributed by atoms with Crippen LogP contribution in [0.1, 0.15) is 20.8 Å². The third kappa shape index (κ3) is 10.9. The molecule has 0 bridgehead atoms. The lowest BCUT2D eigenvalue weighted by Crippen LogP contribution is -1.77. The molecule has 0 aromatic carbocycles. The molecule has 0 spiro atoms. The van der Waals surface area contributed by atoms with Gasteiger partial charge in [0.2, 0.25) is 0 Å². The second-order valence-corrected chi connectivity index (χ2v) is 3.67. The number of halogens is 1. The molecule has 0 unspecified atom stereocenters. The molecule has 0 rings (SSSR count). The third-order valence-electron chi connectivity index (χ3n) is 1.43. The van der Waals surface area contributed by atoms with E-state index >= 15 is 0 Å². The summed E-state index contributed by atoms with van der Waals surface area (Å²) in [6, 6.07) is 0. The molecule has 0 aliphatic rings. The van der Waals surface area contributed by atoms with Crippen LogP contribution in [0.25, 0.3) is 0 Å². The summed E-state index contributed by atoms with van der Waals surface area (Å²) in [5.74, 6) is 0. The van der Waals surface area contributed by atoms with Crippen molar-refractivity contribution in [3.05, 3.63) is 59.8 Å². The van der Waals surface area contributed by atoms with Crippen molar-refractivity contribution in [3.63, 3.8) is 0 Å². The normalized spacial score (nSPS) is 11.1. The molecule has 0 aromatic heterocycles. The summed E-state index contributed by atoms with van der Waals surface area (Å²) in [7, 11) is 0. The smallest absolute Gasteiger partial charge is 0.0302 e. The molecule has 16 heavy (non-hydrogen) atoms. The highest BCUT2D eigenvalue weighted by Crippen LogP contribution is 2.11. The average Bonchev–Trinajstić information content (AvgIpc) is 2.28. The van der Waals surface area contributed by atoms with E-state index in [4.69, 9.17) is 0 Å². The van der Waals surface area contributed by atoms with Crippen LogP contribution in [0.2, 0.25) is 0 Å². The minimum Gasteiger partial charge on any atom is -0.264 e. The van der Waals surface area contributed by atoms with Crippen LogP contribution in [-0.2, 0) is 0 Å². The van der Waals surface area contributed by atoms with E-state index in [-0.39, 0.29) is 0 Å². The summed E-state index contributed by atoms with van der Waals surface area (Å²) >= 11 is 3.23. The molecule has 0 saturated heterocycles. The van der Waals surface area contributed by atoms with Crippen LogP contribution >= 0.6 is 15.9 Å². The first kappa shape index (κ1) is 17.3. The second kappa shape index (κ2) is 11.9. The SMILES string of the molecule is C=CC=N/C=C(\C)C(=C)/C=C\C(=C)Br.CC. The maximum atomic E-state index is 4.00. The topological polar surface area (TPSA) is 12.4 Å². The quantitative estimate of drug-likeness (QED) is 0.486. The van der Waals surface area contributed by atoms with E-state index in [2.05, 4.69) is 40.7 Å². The number of nitrogens with zero attached hydrogens (tertiary/aromatic N) is 1. The highest BCUT2D eigenvalue weighted by atomic mass is 79.9. The van der Waals surface area contributed by atoms with Crippen molar-refractivity contribution in [2.24, 2.45) is 4.99 Å². The highest BCUT2D eigenvalue weighted by molar-refractivity contribution is 9.11. The van der Waals surface area contributed by atoms with Gasteiger partial charge in [0.25, 0.3) is 0 Å². The maximum Gasteiger partial charge on any atom is 0.0302 e. The van der Waals surface area contributed by atoms with Crippen LogP contribution < -0.4 is 0 Å². The van der Waals surface area contributed by atoms with E-state index < -0.39 is 0 Å². The Bertz CT molecular complexity index is 320. The molecule has 2 heteroatoms. The van der Waals surface area contributed by atoms with E-state index in [0.717, 1.165) is 15.6 Å². The predicted octanol–water partition coefficient (Wildman–Crippen LogP) is 5.19. The summed E-state index contributed by atoms with van der Waals surface area (Å²) in [4.78, 5) is 4.00. The largest absolute Gasteiger partial charge is 0.264 e. The second-order valence-electron chi connectivity index (χ2n) is 2.65. The molecule has 0 fully saturated rings. The molecule has 0 saturated carbocycles. The zero-order valence-corrected chi connectivity index (χ0v) is 11.9. The van der Waals surface area contributed by atoms with Gasteiger partial charge in [-0.2, -0.15) is 0 Å². The van der Waals surface area contributed by atoms with Gasteiger partial charge in [0.1, 0.15) is 0 Å². The molecular weight excluding hydrogens is 262 g/mol. The Morgan fingerprint density at radius 3 is 2.19 bits per heavy atom. The number of hydrogen-bond donors (Lipinski definition) is 0. The zero-order valence-electron chi connectivity index (χ0n) is 10.3. The highest BCUT2D eigenvalue weighted by Gasteiger charge is 1.90. The van der Waals surface area contributed by atoms with Crippen LogP contribution in [0.15, 0.2) is 64.8 Å². The van der Waals surface area contributed by atoms with Gasteiger partial charge in [-0.25, -0.2) is 0 Å². The number of rotatable bonds is 5. The number of aliphatic imine (C=N–C) groups is 1. The van der Waals surface area contributed by atoms with Crippen LogP contribution in [0.4, 0.5) is 0 Å². The Hall–Kier alpha value is -1.15. The van der Waals surface area contributed by atoms with E-state index in [9.17, 15) is 0 Å². The standard InChI is InChI=1S/C12H14BrN.C2H6/c1-5-8-14-9-11(3)10(2)6-7-12(4)13;1-2/h5-9H,1-2,4H2,3H3;1-2H3/b7-6-,11-9+,14-8?;. The summed E-state index contributed by atoms with van der Waals surface area (Å²) < 4.78 is 0.820. The van der Waals surface area contributed by atoms with Crippen molar-refractivity contribution < 1.29 is 0 Å². The van der Waals surface area contributed by atoms with Crippen molar-refractivity contribution in [1.29, 1.82) is 0 Å². The molecule has 0 heterocycles. The van der Waals surface area contributed by atoms with Gasteiger partial charge in [0.15, 0.2) is 0 Å². The van der Waals surface area contributed by atoms with Crippen molar-refractivity contribution in [2.45, 2.75) is 20.8 Å². The van der Waals surface area contributed by atoms with Crippen LogP contribution in [0, 0.1) is 0 Å². The number of allylic oxidation sites excluding steroid dienone is 6. The Morgan fingerprint density at radius 2 is 1.75 bits per heavy atom. The fourth-order valence-corrected chi connectivity index (χ4v) is 0.753. The molecule has 0 atom stereocenters. The van der Waals surface area contributed by atoms with Gasteiger partial charge in [-0.15, -0.1) is 0 Å². The summed E-state index contributed by atoms with van der Waals surface area (Å²) in [6.07, 6.45) is 8.72. The minimum absolute atomic E-state index is 0.820. The van der Waals surface area contributed by atoms with Crippen LogP contribution in [0.5, 0.6) is 0 Å². The summed E-state index contributed by atoms with van der Waals surface area (Å²) in [5, 5.41) is 0. The molecule has 0 amide bonds. The lowest BCUT2D eigenvalue weighted by molar-refractivity contribution is 1.38. The lowest BCUT2D eigenvalue weighted by Gasteiger charge is -1.96. The van der Waals surface area contributed by atoms with Crippen LogP contribution in [-0.4, -0.2) is 6.21 Å². The van der Waals surface area contributed by atoms with E-state index in [1.54, 1.807) is 18.5 Å². The van der Waals surface area contributed by atoms with Gasteiger partial charge in [0.05, 0.1) is 0 Å². The first-order valence-corrected chi connectivity index (χ1v) is 5.90. The van der Waals surface area contributed by atoms with Crippen molar-refractivity contribution in [3.8, 4) is 0 Å². The molecule has 1 nitrogen and oxygen atoms in total. The van der Waals surface area contributed by atoms with Gasteiger partial charge in [0, 0.05) is 16.9 Å². The Labute approximate surface area is 108 Å². The monoisotopic (exact) mass is 281 g/mol. The maximum absolute atomic E-state index is 4.00.